The molecule has 1 saturated carbocycles. The average molecular weight is 205 g/mol. The van der Waals surface area contributed by atoms with Crippen LogP contribution in [0.1, 0.15) is 26.7 Å². The summed E-state index contributed by atoms with van der Waals surface area (Å²) in [7, 11) is 0. The zero-order valence-corrected chi connectivity index (χ0v) is 9.49. The van der Waals surface area contributed by atoms with E-state index in [1.165, 1.54) is 12.8 Å². The van der Waals surface area contributed by atoms with Crippen molar-refractivity contribution in [3.63, 3.8) is 0 Å². The molecule has 0 atom stereocenters. The van der Waals surface area contributed by atoms with Crippen LogP contribution in [-0.2, 0) is 0 Å². The smallest absolute Gasteiger partial charge is 0.142 e. The third kappa shape index (κ3) is 3.15. The summed E-state index contributed by atoms with van der Waals surface area (Å²) in [6.45, 7) is 5.19. The van der Waals surface area contributed by atoms with E-state index in [0.29, 0.717) is 0 Å². The number of hydrogen-bond acceptors (Lipinski definition) is 2. The molecule has 82 valence electrons. The maximum absolute atomic E-state index is 5.74. The lowest BCUT2D eigenvalue weighted by Gasteiger charge is -2.15. The minimum absolute atomic E-state index is 0.230. The first-order valence-corrected chi connectivity index (χ1v) is 5.75. The van der Waals surface area contributed by atoms with Crippen LogP contribution in [0.4, 0.5) is 5.69 Å². The minimum atomic E-state index is 0.230. The highest BCUT2D eigenvalue weighted by molar-refractivity contribution is 5.56. The lowest BCUT2D eigenvalue weighted by atomic mass is 10.2. The Morgan fingerprint density at radius 2 is 2.07 bits per heavy atom. The fraction of sp³-hybridized carbons (Fsp3) is 0.538. The van der Waals surface area contributed by atoms with Gasteiger partial charge in [-0.25, -0.2) is 0 Å². The number of hydrogen-bond donors (Lipinski definition) is 1. The summed E-state index contributed by atoms with van der Waals surface area (Å²) in [5.41, 5.74) is 1.12. The molecule has 0 aliphatic heterocycles. The summed E-state index contributed by atoms with van der Waals surface area (Å²) in [5.74, 6) is 1.85. The van der Waals surface area contributed by atoms with Crippen molar-refractivity contribution in [2.45, 2.75) is 32.8 Å². The van der Waals surface area contributed by atoms with Gasteiger partial charge in [0, 0.05) is 6.54 Å². The Morgan fingerprint density at radius 1 is 1.33 bits per heavy atom. The predicted molar refractivity (Wildman–Crippen MR) is 63.4 cm³/mol. The molecule has 0 radical (unpaired) electrons. The second-order valence-electron chi connectivity index (χ2n) is 4.49. The van der Waals surface area contributed by atoms with Crippen molar-refractivity contribution in [2.75, 3.05) is 11.9 Å². The Balaban J connectivity index is 1.99. The van der Waals surface area contributed by atoms with Crippen LogP contribution in [0.25, 0.3) is 0 Å². The van der Waals surface area contributed by atoms with Crippen molar-refractivity contribution in [2.24, 2.45) is 5.92 Å². The van der Waals surface area contributed by atoms with Crippen molar-refractivity contribution in [3.8, 4) is 5.75 Å². The average Bonchev–Trinajstić information content (AvgIpc) is 2.99. The number of nitrogens with one attached hydrogen (secondary N) is 1. The summed E-state index contributed by atoms with van der Waals surface area (Å²) in [6, 6.07) is 8.16. The first-order valence-electron chi connectivity index (χ1n) is 5.75. The molecule has 2 rings (SSSR count). The Bertz CT molecular complexity index is 318. The van der Waals surface area contributed by atoms with Gasteiger partial charge >= 0.3 is 0 Å². The van der Waals surface area contributed by atoms with Gasteiger partial charge in [0.05, 0.1) is 11.8 Å². The van der Waals surface area contributed by atoms with E-state index in [1.54, 1.807) is 0 Å². The molecule has 1 aromatic carbocycles. The Hall–Kier alpha value is -1.18. The fourth-order valence-electron chi connectivity index (χ4n) is 1.55. The van der Waals surface area contributed by atoms with Gasteiger partial charge in [0.15, 0.2) is 0 Å². The monoisotopic (exact) mass is 205 g/mol. The van der Waals surface area contributed by atoms with Crippen LogP contribution in [0.3, 0.4) is 0 Å². The Morgan fingerprint density at radius 3 is 2.73 bits per heavy atom. The van der Waals surface area contributed by atoms with Crippen molar-refractivity contribution < 1.29 is 4.74 Å². The molecule has 15 heavy (non-hydrogen) atoms. The largest absolute Gasteiger partial charge is 0.489 e. The number of rotatable bonds is 5. The standard InChI is InChI=1S/C13H19NO/c1-10(2)15-13-6-4-3-5-12(13)14-9-11-7-8-11/h3-6,10-11,14H,7-9H2,1-2H3. The molecule has 0 amide bonds. The van der Waals surface area contributed by atoms with Crippen LogP contribution in [0.2, 0.25) is 0 Å². The zero-order chi connectivity index (χ0) is 10.7. The summed E-state index contributed by atoms with van der Waals surface area (Å²) < 4.78 is 5.74. The summed E-state index contributed by atoms with van der Waals surface area (Å²) >= 11 is 0. The highest BCUT2D eigenvalue weighted by Crippen LogP contribution is 2.31. The molecule has 0 aromatic heterocycles. The van der Waals surface area contributed by atoms with E-state index in [4.69, 9.17) is 4.74 Å². The first kappa shape index (κ1) is 10.3. The Labute approximate surface area is 91.6 Å². The van der Waals surface area contributed by atoms with Gasteiger partial charge in [0.1, 0.15) is 5.75 Å². The second kappa shape index (κ2) is 4.56. The quantitative estimate of drug-likeness (QED) is 0.796. The maximum Gasteiger partial charge on any atom is 0.142 e. The summed E-state index contributed by atoms with van der Waals surface area (Å²) in [5, 5.41) is 3.46. The summed E-state index contributed by atoms with van der Waals surface area (Å²) in [6.07, 6.45) is 2.98. The van der Waals surface area contributed by atoms with Crippen molar-refractivity contribution in [1.29, 1.82) is 0 Å². The van der Waals surface area contributed by atoms with Crippen LogP contribution < -0.4 is 10.1 Å². The lowest BCUT2D eigenvalue weighted by Crippen LogP contribution is -2.09. The van der Waals surface area contributed by atoms with Crippen LogP contribution in [0.5, 0.6) is 5.75 Å². The van der Waals surface area contributed by atoms with E-state index in [0.717, 1.165) is 23.9 Å². The topological polar surface area (TPSA) is 21.3 Å². The SMILES string of the molecule is CC(C)Oc1ccccc1NCC1CC1. The zero-order valence-electron chi connectivity index (χ0n) is 9.49. The molecule has 0 saturated heterocycles. The van der Waals surface area contributed by atoms with E-state index in [1.807, 2.05) is 18.2 Å². The molecule has 1 aliphatic rings. The molecule has 2 nitrogen and oxygen atoms in total. The molecule has 0 unspecified atom stereocenters. The van der Waals surface area contributed by atoms with Crippen molar-refractivity contribution in [3.05, 3.63) is 24.3 Å². The molecule has 1 N–H and O–H groups in total. The van der Waals surface area contributed by atoms with E-state index >= 15 is 0 Å². The number of ether oxygens (including phenoxy) is 1. The van der Waals surface area contributed by atoms with Gasteiger partial charge in [0.2, 0.25) is 0 Å². The van der Waals surface area contributed by atoms with E-state index in [9.17, 15) is 0 Å². The van der Waals surface area contributed by atoms with Crippen LogP contribution >= 0.6 is 0 Å². The van der Waals surface area contributed by atoms with E-state index in [2.05, 4.69) is 25.2 Å². The van der Waals surface area contributed by atoms with Gasteiger partial charge in [-0.1, -0.05) is 12.1 Å². The van der Waals surface area contributed by atoms with Gasteiger partial charge in [-0.05, 0) is 44.7 Å². The van der Waals surface area contributed by atoms with E-state index in [-0.39, 0.29) is 6.10 Å². The lowest BCUT2D eigenvalue weighted by molar-refractivity contribution is 0.243. The third-order valence-electron chi connectivity index (χ3n) is 2.53. The summed E-state index contributed by atoms with van der Waals surface area (Å²) in [4.78, 5) is 0. The van der Waals surface area contributed by atoms with Gasteiger partial charge in [0.25, 0.3) is 0 Å². The Kier molecular flexibility index (Phi) is 3.14. The molecule has 0 spiro atoms. The van der Waals surface area contributed by atoms with Gasteiger partial charge in [-0.15, -0.1) is 0 Å². The second-order valence-corrected chi connectivity index (χ2v) is 4.49. The predicted octanol–water partition coefficient (Wildman–Crippen LogP) is 3.30. The van der Waals surface area contributed by atoms with Gasteiger partial charge in [-0.3, -0.25) is 0 Å². The molecule has 0 heterocycles. The molecular formula is C13H19NO. The number of benzene rings is 1. The number of anilines is 1. The minimum Gasteiger partial charge on any atom is -0.489 e. The van der Waals surface area contributed by atoms with Gasteiger partial charge < -0.3 is 10.1 Å². The van der Waals surface area contributed by atoms with E-state index < -0.39 is 0 Å². The molecular weight excluding hydrogens is 186 g/mol. The number of para-hydroxylation sites is 2. The van der Waals surface area contributed by atoms with Crippen molar-refractivity contribution in [1.82, 2.24) is 0 Å². The molecule has 1 aliphatic carbocycles. The van der Waals surface area contributed by atoms with Crippen LogP contribution in [-0.4, -0.2) is 12.6 Å². The van der Waals surface area contributed by atoms with Crippen molar-refractivity contribution >= 4 is 5.69 Å². The fourth-order valence-corrected chi connectivity index (χ4v) is 1.55. The highest BCUT2D eigenvalue weighted by atomic mass is 16.5. The maximum atomic E-state index is 5.74. The van der Waals surface area contributed by atoms with Crippen LogP contribution in [0, 0.1) is 5.92 Å². The third-order valence-corrected chi connectivity index (χ3v) is 2.53. The van der Waals surface area contributed by atoms with Gasteiger partial charge in [-0.2, -0.15) is 0 Å². The van der Waals surface area contributed by atoms with Crippen LogP contribution in [0.15, 0.2) is 24.3 Å². The molecule has 1 fully saturated rings. The normalized spacial score (nSPS) is 15.4. The molecule has 2 heteroatoms. The highest BCUT2D eigenvalue weighted by Gasteiger charge is 2.21. The molecule has 1 aromatic rings. The first-order chi connectivity index (χ1) is 7.25. The molecule has 0 bridgehead atoms.